The smallest absolute Gasteiger partial charge is 0.262 e. The Kier molecular flexibility index (Phi) is 3.84. The number of hydrogen-bond donors (Lipinski definition) is 1. The first-order valence-corrected chi connectivity index (χ1v) is 7.19. The predicted molar refractivity (Wildman–Crippen MR) is 79.4 cm³/mol. The minimum atomic E-state index is -0.448. The summed E-state index contributed by atoms with van der Waals surface area (Å²) >= 11 is 0. The number of furan rings is 2. The van der Waals surface area contributed by atoms with E-state index in [1.807, 2.05) is 12.1 Å². The first-order chi connectivity index (χ1) is 10.7. The van der Waals surface area contributed by atoms with Crippen LogP contribution in [-0.2, 0) is 11.3 Å². The topological polar surface area (TPSA) is 79.2 Å². The normalized spacial score (nSPS) is 20.5. The van der Waals surface area contributed by atoms with E-state index in [0.29, 0.717) is 23.4 Å². The molecular weight excluding hydrogens is 280 g/mol. The van der Waals surface area contributed by atoms with Crippen LogP contribution in [0.4, 0.5) is 0 Å². The van der Waals surface area contributed by atoms with Gasteiger partial charge in [-0.3, -0.25) is 4.79 Å². The molecule has 0 aliphatic heterocycles. The number of rotatable bonds is 5. The summed E-state index contributed by atoms with van der Waals surface area (Å²) in [7, 11) is 0. The van der Waals surface area contributed by atoms with Crippen molar-refractivity contribution in [3.05, 3.63) is 53.4 Å². The third-order valence-corrected chi connectivity index (χ3v) is 3.78. The number of carbonyl (C=O) groups excluding carboxylic acids is 1. The number of nitriles is 1. The molecule has 0 saturated heterocycles. The second-order valence-corrected chi connectivity index (χ2v) is 5.49. The quantitative estimate of drug-likeness (QED) is 0.678. The minimum absolute atomic E-state index is 0.0105. The Hall–Kier alpha value is -2.74. The third-order valence-electron chi connectivity index (χ3n) is 3.78. The largest absolute Gasteiger partial charge is 0.467 e. The molecule has 2 heterocycles. The zero-order valence-electron chi connectivity index (χ0n) is 12.2. The van der Waals surface area contributed by atoms with E-state index in [0.717, 1.165) is 12.2 Å². The molecule has 112 valence electrons. The van der Waals surface area contributed by atoms with Gasteiger partial charge in [0.15, 0.2) is 0 Å². The highest BCUT2D eigenvalue weighted by atomic mass is 16.3. The zero-order valence-corrected chi connectivity index (χ0v) is 12.2. The average Bonchev–Trinajstić information content (AvgIpc) is 2.97. The van der Waals surface area contributed by atoms with E-state index >= 15 is 0 Å². The summed E-state index contributed by atoms with van der Waals surface area (Å²) in [6, 6.07) is 9.10. The summed E-state index contributed by atoms with van der Waals surface area (Å²) in [5, 5.41) is 11.8. The van der Waals surface area contributed by atoms with Gasteiger partial charge in [0.2, 0.25) is 0 Å². The molecule has 1 fully saturated rings. The molecule has 0 aromatic carbocycles. The Morgan fingerprint density at radius 3 is 2.95 bits per heavy atom. The van der Waals surface area contributed by atoms with Crippen molar-refractivity contribution in [1.29, 1.82) is 5.26 Å². The van der Waals surface area contributed by atoms with Gasteiger partial charge in [-0.05, 0) is 36.6 Å². The molecule has 1 saturated carbocycles. The van der Waals surface area contributed by atoms with Gasteiger partial charge in [0, 0.05) is 12.0 Å². The maximum atomic E-state index is 12.0. The van der Waals surface area contributed by atoms with E-state index < -0.39 is 5.91 Å². The van der Waals surface area contributed by atoms with Gasteiger partial charge in [-0.1, -0.05) is 6.92 Å². The van der Waals surface area contributed by atoms with Gasteiger partial charge >= 0.3 is 0 Å². The molecule has 1 amide bonds. The number of nitrogens with one attached hydrogen (secondary N) is 1. The molecule has 22 heavy (non-hydrogen) atoms. The zero-order chi connectivity index (χ0) is 15.5. The molecule has 5 nitrogen and oxygen atoms in total. The SMILES string of the molecule is C[C@H]1C[C@H]1c1ccc(/C=C(\C#N)C(=O)NCc2ccco2)o1. The van der Waals surface area contributed by atoms with Crippen molar-refractivity contribution in [2.24, 2.45) is 5.92 Å². The summed E-state index contributed by atoms with van der Waals surface area (Å²) in [5.74, 6) is 2.76. The van der Waals surface area contributed by atoms with Gasteiger partial charge in [0.25, 0.3) is 5.91 Å². The fourth-order valence-electron chi connectivity index (χ4n) is 2.33. The van der Waals surface area contributed by atoms with Crippen molar-refractivity contribution in [1.82, 2.24) is 5.32 Å². The van der Waals surface area contributed by atoms with Crippen LogP contribution in [-0.4, -0.2) is 5.91 Å². The lowest BCUT2D eigenvalue weighted by atomic mass is 10.2. The van der Waals surface area contributed by atoms with Gasteiger partial charge in [0.05, 0.1) is 12.8 Å². The van der Waals surface area contributed by atoms with Gasteiger partial charge in [0.1, 0.15) is 28.9 Å². The molecule has 2 aromatic rings. The molecule has 1 aliphatic rings. The van der Waals surface area contributed by atoms with Gasteiger partial charge < -0.3 is 14.2 Å². The maximum Gasteiger partial charge on any atom is 0.262 e. The van der Waals surface area contributed by atoms with E-state index in [1.165, 1.54) is 12.3 Å². The molecule has 0 bridgehead atoms. The highest BCUT2D eigenvalue weighted by Crippen LogP contribution is 2.47. The number of nitrogens with zero attached hydrogens (tertiary/aromatic N) is 1. The average molecular weight is 296 g/mol. The summed E-state index contributed by atoms with van der Waals surface area (Å²) in [5.41, 5.74) is 0.0105. The monoisotopic (exact) mass is 296 g/mol. The van der Waals surface area contributed by atoms with Crippen LogP contribution in [0, 0.1) is 17.2 Å². The van der Waals surface area contributed by atoms with Crippen LogP contribution in [0.5, 0.6) is 0 Å². The number of hydrogen-bond acceptors (Lipinski definition) is 4. The van der Waals surface area contributed by atoms with E-state index in [2.05, 4.69) is 12.2 Å². The molecule has 3 rings (SSSR count). The highest BCUT2D eigenvalue weighted by Gasteiger charge is 2.36. The van der Waals surface area contributed by atoms with Crippen LogP contribution in [0.3, 0.4) is 0 Å². The van der Waals surface area contributed by atoms with Gasteiger partial charge in [-0.15, -0.1) is 0 Å². The van der Waals surface area contributed by atoms with Crippen molar-refractivity contribution in [3.8, 4) is 6.07 Å². The van der Waals surface area contributed by atoms with E-state index in [9.17, 15) is 4.79 Å². The minimum Gasteiger partial charge on any atom is -0.467 e. The lowest BCUT2D eigenvalue weighted by Crippen LogP contribution is -2.23. The number of carbonyl (C=O) groups is 1. The second kappa shape index (κ2) is 5.94. The van der Waals surface area contributed by atoms with Crippen molar-refractivity contribution >= 4 is 12.0 Å². The van der Waals surface area contributed by atoms with Crippen molar-refractivity contribution < 1.29 is 13.6 Å². The summed E-state index contributed by atoms with van der Waals surface area (Å²) in [4.78, 5) is 12.0. The first-order valence-electron chi connectivity index (χ1n) is 7.19. The Balaban J connectivity index is 1.66. The van der Waals surface area contributed by atoms with E-state index in [-0.39, 0.29) is 12.1 Å². The van der Waals surface area contributed by atoms with Gasteiger partial charge in [-0.2, -0.15) is 5.26 Å². The molecule has 1 N–H and O–H groups in total. The standard InChI is InChI=1S/C17H16N2O3/c1-11-7-15(11)16-5-4-13(22-16)8-12(9-18)17(20)19-10-14-3-2-6-21-14/h2-6,8,11,15H,7,10H2,1H3,(H,19,20)/b12-8+/t11-,15+/m0/s1. The Bertz CT molecular complexity index is 734. The van der Waals surface area contributed by atoms with Crippen LogP contribution >= 0.6 is 0 Å². The number of amides is 1. The van der Waals surface area contributed by atoms with Crippen molar-refractivity contribution in [2.45, 2.75) is 25.8 Å². The molecule has 0 unspecified atom stereocenters. The molecule has 5 heteroatoms. The summed E-state index contributed by atoms with van der Waals surface area (Å²) in [6.45, 7) is 2.42. The molecule has 2 atom stereocenters. The Morgan fingerprint density at radius 1 is 1.50 bits per heavy atom. The summed E-state index contributed by atoms with van der Waals surface area (Å²) in [6.07, 6.45) is 4.13. The third kappa shape index (κ3) is 3.12. The fourth-order valence-corrected chi connectivity index (χ4v) is 2.33. The lowest BCUT2D eigenvalue weighted by molar-refractivity contribution is -0.117. The molecule has 0 spiro atoms. The van der Waals surface area contributed by atoms with Crippen LogP contribution in [0.15, 0.2) is 44.9 Å². The van der Waals surface area contributed by atoms with Gasteiger partial charge in [-0.25, -0.2) is 0 Å². The van der Waals surface area contributed by atoms with E-state index in [1.54, 1.807) is 18.2 Å². The Morgan fingerprint density at radius 2 is 2.32 bits per heavy atom. The van der Waals surface area contributed by atoms with E-state index in [4.69, 9.17) is 14.1 Å². The molecule has 1 aliphatic carbocycles. The highest BCUT2D eigenvalue weighted by molar-refractivity contribution is 6.01. The Labute approximate surface area is 128 Å². The van der Waals surface area contributed by atoms with Crippen molar-refractivity contribution in [3.63, 3.8) is 0 Å². The molecular formula is C17H16N2O3. The summed E-state index contributed by atoms with van der Waals surface area (Å²) < 4.78 is 10.8. The maximum absolute atomic E-state index is 12.0. The predicted octanol–water partition coefficient (Wildman–Crippen LogP) is 3.22. The van der Waals surface area contributed by atoms with Crippen molar-refractivity contribution in [2.75, 3.05) is 0 Å². The molecule has 0 radical (unpaired) electrons. The van der Waals surface area contributed by atoms with Crippen LogP contribution in [0.25, 0.3) is 6.08 Å². The second-order valence-electron chi connectivity index (χ2n) is 5.49. The molecule has 2 aromatic heterocycles. The first kappa shape index (κ1) is 14.2. The fraction of sp³-hybridized carbons (Fsp3) is 0.294. The lowest BCUT2D eigenvalue weighted by Gasteiger charge is -2.01. The van der Waals surface area contributed by atoms with Crippen LogP contribution in [0.1, 0.15) is 36.5 Å². The van der Waals surface area contributed by atoms with Crippen LogP contribution in [0.2, 0.25) is 0 Å². The van der Waals surface area contributed by atoms with Crippen LogP contribution < -0.4 is 5.32 Å².